The first-order valence-electron chi connectivity index (χ1n) is 5.58. The second-order valence-electron chi connectivity index (χ2n) is 4.02. The van der Waals surface area contributed by atoms with Crippen molar-refractivity contribution in [2.24, 2.45) is 0 Å². The first kappa shape index (κ1) is 13.6. The molecule has 0 fully saturated rings. The Kier molecular flexibility index (Phi) is 3.69. The predicted molar refractivity (Wildman–Crippen MR) is 67.6 cm³/mol. The molecule has 1 N–H and O–H groups in total. The van der Waals surface area contributed by atoms with Crippen LogP contribution in [0, 0.1) is 15.9 Å². The summed E-state index contributed by atoms with van der Waals surface area (Å²) in [4.78, 5) is 24.7. The summed E-state index contributed by atoms with van der Waals surface area (Å²) in [6.07, 6.45) is 0.804. The van der Waals surface area contributed by atoms with Gasteiger partial charge in [-0.15, -0.1) is 0 Å². The van der Waals surface area contributed by atoms with Crippen LogP contribution in [-0.4, -0.2) is 21.0 Å². The third-order valence-corrected chi connectivity index (χ3v) is 2.64. The zero-order chi connectivity index (χ0) is 14.7. The van der Waals surface area contributed by atoms with Crippen molar-refractivity contribution in [3.05, 3.63) is 58.2 Å². The lowest BCUT2D eigenvalue weighted by Crippen LogP contribution is -2.06. The van der Waals surface area contributed by atoms with Crippen LogP contribution >= 0.6 is 0 Å². The summed E-state index contributed by atoms with van der Waals surface area (Å²) in [5.74, 6) is -1.62. The molecule has 0 spiro atoms. The minimum Gasteiger partial charge on any atom is -0.481 e. The van der Waals surface area contributed by atoms with Gasteiger partial charge >= 0.3 is 5.97 Å². The Morgan fingerprint density at radius 3 is 2.50 bits per heavy atom. The molecule has 0 saturated carbocycles. The number of carboxylic acids is 1. The van der Waals surface area contributed by atoms with Gasteiger partial charge in [-0.3, -0.25) is 19.9 Å². The van der Waals surface area contributed by atoms with Crippen LogP contribution in [-0.2, 0) is 11.2 Å². The summed E-state index contributed by atoms with van der Waals surface area (Å²) < 4.78 is 12.8. The van der Waals surface area contributed by atoms with E-state index in [0.717, 1.165) is 0 Å². The van der Waals surface area contributed by atoms with Gasteiger partial charge < -0.3 is 5.11 Å². The lowest BCUT2D eigenvalue weighted by atomic mass is 10.1. The quantitative estimate of drug-likeness (QED) is 0.683. The minimum absolute atomic E-state index is 0.117. The van der Waals surface area contributed by atoms with Crippen LogP contribution in [0.2, 0.25) is 0 Å². The number of nitrogens with zero attached hydrogens (tertiary/aromatic N) is 2. The highest BCUT2D eigenvalue weighted by molar-refractivity contribution is 5.73. The second kappa shape index (κ2) is 5.43. The van der Waals surface area contributed by atoms with Crippen LogP contribution in [0.1, 0.15) is 5.69 Å². The molecule has 20 heavy (non-hydrogen) atoms. The molecule has 2 rings (SSSR count). The molecule has 6 nitrogen and oxygen atoms in total. The summed E-state index contributed by atoms with van der Waals surface area (Å²) in [7, 11) is 0. The van der Waals surface area contributed by atoms with E-state index in [1.165, 1.54) is 36.5 Å². The molecule has 0 unspecified atom stereocenters. The maximum atomic E-state index is 12.8. The Bertz CT molecular complexity index is 671. The summed E-state index contributed by atoms with van der Waals surface area (Å²) >= 11 is 0. The second-order valence-corrected chi connectivity index (χ2v) is 4.02. The highest BCUT2D eigenvalue weighted by atomic mass is 19.1. The molecule has 1 heterocycles. The van der Waals surface area contributed by atoms with Crippen LogP contribution in [0.4, 0.5) is 10.1 Å². The molecule has 0 aliphatic rings. The van der Waals surface area contributed by atoms with Crippen molar-refractivity contribution in [3.63, 3.8) is 0 Å². The average Bonchev–Trinajstić information content (AvgIpc) is 2.39. The number of halogens is 1. The predicted octanol–water partition coefficient (Wildman–Crippen LogP) is 2.42. The van der Waals surface area contributed by atoms with Gasteiger partial charge in [0.2, 0.25) is 0 Å². The van der Waals surface area contributed by atoms with E-state index in [1.807, 2.05) is 0 Å². The fourth-order valence-electron chi connectivity index (χ4n) is 1.72. The summed E-state index contributed by atoms with van der Waals surface area (Å²) in [5.41, 5.74) is 0.498. The number of nitro groups is 1. The Morgan fingerprint density at radius 2 is 1.95 bits per heavy atom. The van der Waals surface area contributed by atoms with Crippen molar-refractivity contribution in [1.82, 2.24) is 4.98 Å². The number of pyridine rings is 1. The standard InChI is InChI=1S/C13H9FN2O4/c14-10-3-1-8(2-4-10)9-5-12(16(19)20)11(15-7-9)6-13(17)18/h1-5,7H,6H2,(H,17,18). The van der Waals surface area contributed by atoms with E-state index in [0.29, 0.717) is 11.1 Å². The third kappa shape index (κ3) is 2.94. The number of rotatable bonds is 4. The lowest BCUT2D eigenvalue weighted by molar-refractivity contribution is -0.385. The Hall–Kier alpha value is -2.83. The summed E-state index contributed by atoms with van der Waals surface area (Å²) in [6, 6.07) is 6.62. The number of aliphatic carboxylic acids is 1. The molecule has 0 bridgehead atoms. The zero-order valence-corrected chi connectivity index (χ0v) is 10.1. The van der Waals surface area contributed by atoms with Gasteiger partial charge in [0, 0.05) is 17.8 Å². The van der Waals surface area contributed by atoms with E-state index < -0.39 is 23.1 Å². The third-order valence-electron chi connectivity index (χ3n) is 2.64. The van der Waals surface area contributed by atoms with Crippen LogP contribution in [0.5, 0.6) is 0 Å². The normalized spacial score (nSPS) is 10.2. The van der Waals surface area contributed by atoms with E-state index in [4.69, 9.17) is 5.11 Å². The van der Waals surface area contributed by atoms with Gasteiger partial charge in [-0.05, 0) is 17.7 Å². The molecule has 0 aliphatic heterocycles. The van der Waals surface area contributed by atoms with Gasteiger partial charge in [0.1, 0.15) is 11.5 Å². The average molecular weight is 276 g/mol. The Balaban J connectivity index is 2.47. The van der Waals surface area contributed by atoms with Crippen molar-refractivity contribution in [1.29, 1.82) is 0 Å². The molecule has 2 aromatic rings. The van der Waals surface area contributed by atoms with E-state index in [2.05, 4.69) is 4.98 Å². The molecule has 1 aromatic carbocycles. The van der Waals surface area contributed by atoms with Crippen molar-refractivity contribution in [2.75, 3.05) is 0 Å². The van der Waals surface area contributed by atoms with Crippen LogP contribution < -0.4 is 0 Å². The van der Waals surface area contributed by atoms with Gasteiger partial charge in [-0.1, -0.05) is 12.1 Å². The van der Waals surface area contributed by atoms with E-state index in [9.17, 15) is 19.3 Å². The first-order chi connectivity index (χ1) is 9.47. The molecule has 0 aliphatic carbocycles. The van der Waals surface area contributed by atoms with Gasteiger partial charge in [0.05, 0.1) is 11.3 Å². The fraction of sp³-hybridized carbons (Fsp3) is 0.0769. The molecule has 0 amide bonds. The molecule has 1 aromatic heterocycles. The number of carboxylic acid groups (broad SMARTS) is 1. The monoisotopic (exact) mass is 276 g/mol. The lowest BCUT2D eigenvalue weighted by Gasteiger charge is -2.04. The van der Waals surface area contributed by atoms with E-state index in [-0.39, 0.29) is 11.4 Å². The van der Waals surface area contributed by atoms with Crippen LogP contribution in [0.25, 0.3) is 11.1 Å². The molecule has 0 atom stereocenters. The number of hydrogen-bond acceptors (Lipinski definition) is 4. The Labute approximate surface area is 112 Å². The van der Waals surface area contributed by atoms with Crippen molar-refractivity contribution in [3.8, 4) is 11.1 Å². The molecule has 102 valence electrons. The molecule has 7 heteroatoms. The van der Waals surface area contributed by atoms with Gasteiger partial charge in [-0.25, -0.2) is 4.39 Å². The van der Waals surface area contributed by atoms with Crippen LogP contribution in [0.3, 0.4) is 0 Å². The molecule has 0 saturated heterocycles. The van der Waals surface area contributed by atoms with Gasteiger partial charge in [0.25, 0.3) is 5.69 Å². The smallest absolute Gasteiger partial charge is 0.309 e. The van der Waals surface area contributed by atoms with Crippen LogP contribution in [0.15, 0.2) is 36.5 Å². The summed E-state index contributed by atoms with van der Waals surface area (Å²) in [6.45, 7) is 0. The molecular weight excluding hydrogens is 267 g/mol. The SMILES string of the molecule is O=C(O)Cc1ncc(-c2ccc(F)cc2)cc1[N+](=O)[O-]. The first-order valence-corrected chi connectivity index (χ1v) is 5.58. The maximum absolute atomic E-state index is 12.8. The highest BCUT2D eigenvalue weighted by Gasteiger charge is 2.19. The fourth-order valence-corrected chi connectivity index (χ4v) is 1.72. The van der Waals surface area contributed by atoms with Gasteiger partial charge in [-0.2, -0.15) is 0 Å². The topological polar surface area (TPSA) is 93.3 Å². The highest BCUT2D eigenvalue weighted by Crippen LogP contribution is 2.25. The zero-order valence-electron chi connectivity index (χ0n) is 10.1. The summed E-state index contributed by atoms with van der Waals surface area (Å²) in [5, 5.41) is 19.6. The van der Waals surface area contributed by atoms with E-state index >= 15 is 0 Å². The van der Waals surface area contributed by atoms with E-state index in [1.54, 1.807) is 0 Å². The minimum atomic E-state index is -1.20. The molecular formula is C13H9FN2O4. The van der Waals surface area contributed by atoms with Crippen molar-refractivity contribution in [2.45, 2.75) is 6.42 Å². The molecule has 0 radical (unpaired) electrons. The number of aromatic nitrogens is 1. The Morgan fingerprint density at radius 1 is 1.30 bits per heavy atom. The number of hydrogen-bond donors (Lipinski definition) is 1. The largest absolute Gasteiger partial charge is 0.481 e. The van der Waals surface area contributed by atoms with Gasteiger partial charge in [0.15, 0.2) is 0 Å². The van der Waals surface area contributed by atoms with Crippen molar-refractivity contribution < 1.29 is 19.2 Å². The maximum Gasteiger partial charge on any atom is 0.309 e. The van der Waals surface area contributed by atoms with Crippen molar-refractivity contribution >= 4 is 11.7 Å². The number of carbonyl (C=O) groups is 1. The number of benzene rings is 1.